The third-order valence-corrected chi connectivity index (χ3v) is 2.25. The Morgan fingerprint density at radius 1 is 1.41 bits per heavy atom. The first kappa shape index (κ1) is 13.5. The van der Waals surface area contributed by atoms with Gasteiger partial charge in [0.1, 0.15) is 0 Å². The fraction of sp³-hybridized carbons (Fsp3) is 0.417. The minimum absolute atomic E-state index is 0.0375. The molecular formula is C12H18N2O3. The van der Waals surface area contributed by atoms with E-state index < -0.39 is 6.10 Å². The molecule has 0 aliphatic heterocycles. The Bertz CT molecular complexity index is 369. The number of anilines is 1. The van der Waals surface area contributed by atoms with Crippen LogP contribution in [-0.4, -0.2) is 41.9 Å². The zero-order valence-corrected chi connectivity index (χ0v) is 9.81. The van der Waals surface area contributed by atoms with Crippen molar-refractivity contribution in [1.29, 1.82) is 0 Å². The Hall–Kier alpha value is -1.59. The van der Waals surface area contributed by atoms with Crippen molar-refractivity contribution in [3.8, 4) is 0 Å². The number of hydrogen-bond acceptors (Lipinski definition) is 4. The van der Waals surface area contributed by atoms with Crippen LogP contribution in [0.5, 0.6) is 0 Å². The number of aliphatic hydroxyl groups excluding tert-OH is 2. The van der Waals surface area contributed by atoms with E-state index in [0.29, 0.717) is 5.56 Å². The summed E-state index contributed by atoms with van der Waals surface area (Å²) < 4.78 is 0. The molecule has 0 spiro atoms. The van der Waals surface area contributed by atoms with E-state index in [1.807, 2.05) is 19.1 Å². The summed E-state index contributed by atoms with van der Waals surface area (Å²) in [5, 5.41) is 23.4. The molecule has 1 aromatic carbocycles. The average Bonchev–Trinajstić information content (AvgIpc) is 2.36. The van der Waals surface area contributed by atoms with Gasteiger partial charge < -0.3 is 20.8 Å². The molecule has 17 heavy (non-hydrogen) atoms. The first-order valence-corrected chi connectivity index (χ1v) is 5.59. The zero-order chi connectivity index (χ0) is 12.7. The van der Waals surface area contributed by atoms with Crippen molar-refractivity contribution in [2.75, 3.05) is 25.0 Å². The van der Waals surface area contributed by atoms with E-state index in [1.165, 1.54) is 0 Å². The number of hydrogen-bond donors (Lipinski definition) is 4. The predicted molar refractivity (Wildman–Crippen MR) is 66.0 cm³/mol. The number of amides is 1. The Morgan fingerprint density at radius 3 is 2.76 bits per heavy atom. The molecule has 0 saturated heterocycles. The SMILES string of the molecule is CCNc1ccccc1C(=O)NCC(O)CO. The molecule has 1 aromatic rings. The monoisotopic (exact) mass is 238 g/mol. The number of para-hydroxylation sites is 1. The molecule has 94 valence electrons. The number of benzene rings is 1. The van der Waals surface area contributed by atoms with Crippen LogP contribution in [0.2, 0.25) is 0 Å². The van der Waals surface area contributed by atoms with Gasteiger partial charge in [-0.25, -0.2) is 0 Å². The zero-order valence-electron chi connectivity index (χ0n) is 9.81. The second-order valence-electron chi connectivity index (χ2n) is 3.62. The average molecular weight is 238 g/mol. The standard InChI is InChI=1S/C12H18N2O3/c1-2-13-11-6-4-3-5-10(11)12(17)14-7-9(16)8-15/h3-6,9,13,15-16H,2,7-8H2,1H3,(H,14,17). The molecule has 0 bridgehead atoms. The van der Waals surface area contributed by atoms with Gasteiger partial charge in [-0.05, 0) is 19.1 Å². The second kappa shape index (κ2) is 6.88. The van der Waals surface area contributed by atoms with Crippen molar-refractivity contribution < 1.29 is 15.0 Å². The molecular weight excluding hydrogens is 220 g/mol. The topological polar surface area (TPSA) is 81.6 Å². The van der Waals surface area contributed by atoms with Gasteiger partial charge in [0, 0.05) is 18.8 Å². The minimum Gasteiger partial charge on any atom is -0.394 e. The first-order chi connectivity index (χ1) is 8.19. The maximum absolute atomic E-state index is 11.8. The molecule has 4 N–H and O–H groups in total. The summed E-state index contributed by atoms with van der Waals surface area (Å²) in [6, 6.07) is 7.15. The Kier molecular flexibility index (Phi) is 5.45. The van der Waals surface area contributed by atoms with Crippen LogP contribution < -0.4 is 10.6 Å². The van der Waals surface area contributed by atoms with E-state index in [9.17, 15) is 4.79 Å². The molecule has 1 amide bonds. The van der Waals surface area contributed by atoms with Crippen LogP contribution in [0, 0.1) is 0 Å². The normalized spacial score (nSPS) is 11.9. The van der Waals surface area contributed by atoms with Gasteiger partial charge in [0.05, 0.1) is 18.3 Å². The molecule has 1 atom stereocenters. The Labute approximate surface area is 100 Å². The quantitative estimate of drug-likeness (QED) is 0.571. The summed E-state index contributed by atoms with van der Waals surface area (Å²) >= 11 is 0. The highest BCUT2D eigenvalue weighted by atomic mass is 16.3. The van der Waals surface area contributed by atoms with Gasteiger partial charge in [0.15, 0.2) is 0 Å². The molecule has 0 aliphatic rings. The maximum Gasteiger partial charge on any atom is 0.253 e. The lowest BCUT2D eigenvalue weighted by atomic mass is 10.1. The van der Waals surface area contributed by atoms with E-state index in [2.05, 4.69) is 10.6 Å². The summed E-state index contributed by atoms with van der Waals surface area (Å²) in [5.41, 5.74) is 1.28. The number of carbonyl (C=O) groups is 1. The lowest BCUT2D eigenvalue weighted by molar-refractivity contribution is 0.0802. The van der Waals surface area contributed by atoms with Crippen LogP contribution in [0.1, 0.15) is 17.3 Å². The van der Waals surface area contributed by atoms with Crippen molar-refractivity contribution in [3.05, 3.63) is 29.8 Å². The van der Waals surface area contributed by atoms with Crippen molar-refractivity contribution in [3.63, 3.8) is 0 Å². The van der Waals surface area contributed by atoms with Crippen LogP contribution in [0.4, 0.5) is 5.69 Å². The molecule has 5 heteroatoms. The molecule has 0 heterocycles. The number of carbonyl (C=O) groups excluding carboxylic acids is 1. The van der Waals surface area contributed by atoms with E-state index in [0.717, 1.165) is 12.2 Å². The largest absolute Gasteiger partial charge is 0.394 e. The van der Waals surface area contributed by atoms with Crippen LogP contribution in [-0.2, 0) is 0 Å². The number of rotatable bonds is 6. The van der Waals surface area contributed by atoms with Crippen LogP contribution in [0.3, 0.4) is 0 Å². The Morgan fingerprint density at radius 2 is 2.12 bits per heavy atom. The summed E-state index contributed by atoms with van der Waals surface area (Å²) in [6.07, 6.45) is -0.926. The molecule has 0 fully saturated rings. The highest BCUT2D eigenvalue weighted by Crippen LogP contribution is 2.14. The second-order valence-corrected chi connectivity index (χ2v) is 3.62. The summed E-state index contributed by atoms with van der Waals surface area (Å²) in [6.45, 7) is 2.35. The van der Waals surface area contributed by atoms with Gasteiger partial charge in [0.2, 0.25) is 0 Å². The van der Waals surface area contributed by atoms with Crippen molar-refractivity contribution >= 4 is 11.6 Å². The minimum atomic E-state index is -0.926. The van der Waals surface area contributed by atoms with E-state index >= 15 is 0 Å². The van der Waals surface area contributed by atoms with E-state index in [1.54, 1.807) is 12.1 Å². The van der Waals surface area contributed by atoms with Gasteiger partial charge in [-0.3, -0.25) is 4.79 Å². The Balaban J connectivity index is 2.67. The molecule has 0 saturated carbocycles. The third kappa shape index (κ3) is 4.05. The third-order valence-electron chi connectivity index (χ3n) is 2.25. The van der Waals surface area contributed by atoms with Crippen molar-refractivity contribution in [2.45, 2.75) is 13.0 Å². The van der Waals surface area contributed by atoms with Crippen molar-refractivity contribution in [2.24, 2.45) is 0 Å². The van der Waals surface area contributed by atoms with E-state index in [4.69, 9.17) is 10.2 Å². The lowest BCUT2D eigenvalue weighted by Crippen LogP contribution is -2.34. The number of nitrogens with one attached hydrogen (secondary N) is 2. The predicted octanol–water partition coefficient (Wildman–Crippen LogP) is 0.201. The highest BCUT2D eigenvalue weighted by molar-refractivity contribution is 5.99. The summed E-state index contributed by atoms with van der Waals surface area (Å²) in [7, 11) is 0. The molecule has 0 aliphatic carbocycles. The molecule has 1 rings (SSSR count). The number of aliphatic hydroxyl groups is 2. The smallest absolute Gasteiger partial charge is 0.253 e. The first-order valence-electron chi connectivity index (χ1n) is 5.59. The van der Waals surface area contributed by atoms with Gasteiger partial charge >= 0.3 is 0 Å². The van der Waals surface area contributed by atoms with Gasteiger partial charge in [-0.2, -0.15) is 0 Å². The summed E-state index contributed by atoms with van der Waals surface area (Å²) in [5.74, 6) is -0.269. The summed E-state index contributed by atoms with van der Waals surface area (Å²) in [4.78, 5) is 11.8. The fourth-order valence-corrected chi connectivity index (χ4v) is 1.40. The van der Waals surface area contributed by atoms with Crippen LogP contribution in [0.25, 0.3) is 0 Å². The van der Waals surface area contributed by atoms with Gasteiger partial charge in [-0.15, -0.1) is 0 Å². The highest BCUT2D eigenvalue weighted by Gasteiger charge is 2.11. The molecule has 1 unspecified atom stereocenters. The maximum atomic E-state index is 11.8. The van der Waals surface area contributed by atoms with Gasteiger partial charge in [-0.1, -0.05) is 12.1 Å². The van der Waals surface area contributed by atoms with E-state index in [-0.39, 0.29) is 19.1 Å². The molecule has 0 aromatic heterocycles. The van der Waals surface area contributed by atoms with Gasteiger partial charge in [0.25, 0.3) is 5.91 Å². The van der Waals surface area contributed by atoms with Crippen molar-refractivity contribution in [1.82, 2.24) is 5.32 Å². The van der Waals surface area contributed by atoms with Crippen LogP contribution in [0.15, 0.2) is 24.3 Å². The molecule has 0 radical (unpaired) electrons. The molecule has 5 nitrogen and oxygen atoms in total. The fourth-order valence-electron chi connectivity index (χ4n) is 1.40. The lowest BCUT2D eigenvalue weighted by Gasteiger charge is -2.12. The van der Waals surface area contributed by atoms with Crippen LogP contribution >= 0.6 is 0 Å².